The molecule has 1 aromatic rings. The Kier molecular flexibility index (Phi) is 4.51. The summed E-state index contributed by atoms with van der Waals surface area (Å²) < 4.78 is 4.77. The molecule has 0 saturated heterocycles. The van der Waals surface area contributed by atoms with Gasteiger partial charge in [0.1, 0.15) is 0 Å². The van der Waals surface area contributed by atoms with Gasteiger partial charge in [-0.3, -0.25) is 4.79 Å². The molecule has 0 aliphatic heterocycles. The molecule has 0 aromatic heterocycles. The summed E-state index contributed by atoms with van der Waals surface area (Å²) in [6.45, 7) is 3.41. The number of amides is 1. The molecular weight excluding hydrogens is 206 g/mol. The van der Waals surface area contributed by atoms with Gasteiger partial charge in [-0.15, -0.1) is 0 Å². The van der Waals surface area contributed by atoms with Crippen molar-refractivity contribution in [2.24, 2.45) is 0 Å². The van der Waals surface area contributed by atoms with Crippen LogP contribution in [0.15, 0.2) is 30.3 Å². The number of hydrogen-bond donors (Lipinski definition) is 1. The molecule has 1 N–H and O–H groups in total. The average Bonchev–Trinajstić information content (AvgIpc) is 2.26. The summed E-state index contributed by atoms with van der Waals surface area (Å²) in [5.74, 6) is -0.209. The van der Waals surface area contributed by atoms with E-state index < -0.39 is 6.09 Å². The van der Waals surface area contributed by atoms with Crippen LogP contribution in [0.3, 0.4) is 0 Å². The summed E-state index contributed by atoms with van der Waals surface area (Å²) >= 11 is 0. The first-order valence-electron chi connectivity index (χ1n) is 5.11. The predicted molar refractivity (Wildman–Crippen MR) is 60.4 cm³/mol. The van der Waals surface area contributed by atoms with Crippen molar-refractivity contribution in [3.63, 3.8) is 0 Å². The number of carbonyl (C=O) groups excluding carboxylic acids is 2. The molecule has 16 heavy (non-hydrogen) atoms. The van der Waals surface area contributed by atoms with E-state index in [0.29, 0.717) is 5.56 Å². The molecule has 0 unspecified atom stereocenters. The van der Waals surface area contributed by atoms with Crippen LogP contribution < -0.4 is 5.32 Å². The molecule has 1 amide bonds. The zero-order valence-corrected chi connectivity index (χ0v) is 9.40. The Morgan fingerprint density at radius 1 is 1.25 bits per heavy atom. The number of benzene rings is 1. The van der Waals surface area contributed by atoms with Gasteiger partial charge < -0.3 is 10.1 Å². The van der Waals surface area contributed by atoms with Crippen LogP contribution in [0.1, 0.15) is 24.2 Å². The van der Waals surface area contributed by atoms with Crippen molar-refractivity contribution in [2.45, 2.75) is 19.9 Å². The van der Waals surface area contributed by atoms with E-state index in [4.69, 9.17) is 4.74 Å². The van der Waals surface area contributed by atoms with E-state index in [-0.39, 0.29) is 18.4 Å². The standard InChI is InChI=1S/C12H15NO3/c1-9(2)13-12(15)16-8-11(14)10-6-4-3-5-7-10/h3-7,9H,8H2,1-2H3,(H,13,15). The first-order valence-corrected chi connectivity index (χ1v) is 5.11. The number of Topliss-reactive ketones (excluding diaryl/α,β-unsaturated/α-hetero) is 1. The number of nitrogens with one attached hydrogen (secondary N) is 1. The van der Waals surface area contributed by atoms with Gasteiger partial charge in [-0.1, -0.05) is 30.3 Å². The maximum atomic E-state index is 11.5. The van der Waals surface area contributed by atoms with Crippen molar-refractivity contribution >= 4 is 11.9 Å². The summed E-state index contributed by atoms with van der Waals surface area (Å²) in [6, 6.07) is 8.73. The van der Waals surface area contributed by atoms with E-state index in [1.54, 1.807) is 24.3 Å². The van der Waals surface area contributed by atoms with E-state index in [1.807, 2.05) is 19.9 Å². The highest BCUT2D eigenvalue weighted by molar-refractivity contribution is 5.97. The van der Waals surface area contributed by atoms with Gasteiger partial charge in [0.2, 0.25) is 0 Å². The topological polar surface area (TPSA) is 55.4 Å². The fourth-order valence-corrected chi connectivity index (χ4v) is 1.12. The van der Waals surface area contributed by atoms with E-state index in [2.05, 4.69) is 5.32 Å². The van der Waals surface area contributed by atoms with Crippen LogP contribution in [0.25, 0.3) is 0 Å². The van der Waals surface area contributed by atoms with Gasteiger partial charge in [-0.05, 0) is 13.8 Å². The van der Waals surface area contributed by atoms with Crippen molar-refractivity contribution in [1.29, 1.82) is 0 Å². The van der Waals surface area contributed by atoms with Crippen LogP contribution in [-0.4, -0.2) is 24.5 Å². The third-order valence-corrected chi connectivity index (χ3v) is 1.84. The average molecular weight is 221 g/mol. The summed E-state index contributed by atoms with van der Waals surface area (Å²) in [5.41, 5.74) is 0.542. The predicted octanol–water partition coefficient (Wildman–Crippen LogP) is 2.00. The fourth-order valence-electron chi connectivity index (χ4n) is 1.12. The Labute approximate surface area is 94.6 Å². The molecule has 1 rings (SSSR count). The number of ether oxygens (including phenoxy) is 1. The van der Waals surface area contributed by atoms with Crippen LogP contribution in [-0.2, 0) is 4.74 Å². The molecule has 0 radical (unpaired) electrons. The number of alkyl carbamates (subject to hydrolysis) is 1. The van der Waals surface area contributed by atoms with Crippen molar-refractivity contribution in [2.75, 3.05) is 6.61 Å². The fraction of sp³-hybridized carbons (Fsp3) is 0.333. The van der Waals surface area contributed by atoms with Crippen LogP contribution in [0.2, 0.25) is 0 Å². The molecule has 0 aliphatic carbocycles. The van der Waals surface area contributed by atoms with Crippen molar-refractivity contribution in [3.05, 3.63) is 35.9 Å². The largest absolute Gasteiger partial charge is 0.441 e. The van der Waals surface area contributed by atoms with E-state index in [0.717, 1.165) is 0 Å². The van der Waals surface area contributed by atoms with Crippen molar-refractivity contribution in [1.82, 2.24) is 5.32 Å². The molecular formula is C12H15NO3. The van der Waals surface area contributed by atoms with Gasteiger partial charge in [-0.25, -0.2) is 4.79 Å². The first kappa shape index (κ1) is 12.2. The molecule has 0 saturated carbocycles. The second kappa shape index (κ2) is 5.90. The van der Waals surface area contributed by atoms with Crippen LogP contribution in [0.4, 0.5) is 4.79 Å². The lowest BCUT2D eigenvalue weighted by Crippen LogP contribution is -2.32. The molecule has 1 aromatic carbocycles. The molecule has 4 nitrogen and oxygen atoms in total. The molecule has 0 atom stereocenters. The number of ketones is 1. The summed E-state index contributed by atoms with van der Waals surface area (Å²) in [6.07, 6.45) is -0.570. The molecule has 0 spiro atoms. The molecule has 0 fully saturated rings. The lowest BCUT2D eigenvalue weighted by atomic mass is 10.1. The number of hydrogen-bond acceptors (Lipinski definition) is 3. The maximum absolute atomic E-state index is 11.5. The third-order valence-electron chi connectivity index (χ3n) is 1.84. The normalized spacial score (nSPS) is 9.94. The van der Waals surface area contributed by atoms with Crippen LogP contribution in [0.5, 0.6) is 0 Å². The zero-order valence-electron chi connectivity index (χ0n) is 9.40. The Bertz CT molecular complexity index is 360. The highest BCUT2D eigenvalue weighted by atomic mass is 16.6. The quantitative estimate of drug-likeness (QED) is 0.791. The van der Waals surface area contributed by atoms with Gasteiger partial charge in [0, 0.05) is 11.6 Å². The molecule has 0 bridgehead atoms. The Morgan fingerprint density at radius 2 is 1.88 bits per heavy atom. The SMILES string of the molecule is CC(C)NC(=O)OCC(=O)c1ccccc1. The van der Waals surface area contributed by atoms with Crippen LogP contribution in [0, 0.1) is 0 Å². The first-order chi connectivity index (χ1) is 7.59. The Balaban J connectivity index is 2.39. The van der Waals surface area contributed by atoms with Crippen molar-refractivity contribution in [3.8, 4) is 0 Å². The molecule has 0 aliphatic rings. The number of rotatable bonds is 4. The highest BCUT2D eigenvalue weighted by Gasteiger charge is 2.09. The second-order valence-corrected chi connectivity index (χ2v) is 3.66. The molecule has 86 valence electrons. The lowest BCUT2D eigenvalue weighted by molar-refractivity contribution is 0.0840. The summed E-state index contributed by atoms with van der Waals surface area (Å²) in [7, 11) is 0. The summed E-state index contributed by atoms with van der Waals surface area (Å²) in [4.78, 5) is 22.6. The van der Waals surface area contributed by atoms with Crippen molar-refractivity contribution < 1.29 is 14.3 Å². The second-order valence-electron chi connectivity index (χ2n) is 3.66. The van der Waals surface area contributed by atoms with Gasteiger partial charge in [0.15, 0.2) is 12.4 Å². The molecule has 0 heterocycles. The monoisotopic (exact) mass is 221 g/mol. The Hall–Kier alpha value is -1.84. The third kappa shape index (κ3) is 4.13. The van der Waals surface area contributed by atoms with Gasteiger partial charge in [-0.2, -0.15) is 0 Å². The lowest BCUT2D eigenvalue weighted by Gasteiger charge is -2.08. The van der Waals surface area contributed by atoms with Gasteiger partial charge in [0.05, 0.1) is 0 Å². The minimum atomic E-state index is -0.570. The van der Waals surface area contributed by atoms with Gasteiger partial charge >= 0.3 is 6.09 Å². The smallest absolute Gasteiger partial charge is 0.407 e. The minimum absolute atomic E-state index is 0.000623. The van der Waals surface area contributed by atoms with E-state index >= 15 is 0 Å². The minimum Gasteiger partial charge on any atom is -0.441 e. The number of carbonyl (C=O) groups is 2. The molecule has 4 heteroatoms. The maximum Gasteiger partial charge on any atom is 0.407 e. The zero-order chi connectivity index (χ0) is 12.0. The Morgan fingerprint density at radius 3 is 2.44 bits per heavy atom. The summed E-state index contributed by atoms with van der Waals surface area (Å²) in [5, 5.41) is 2.54. The van der Waals surface area contributed by atoms with E-state index in [1.165, 1.54) is 0 Å². The van der Waals surface area contributed by atoms with Crippen LogP contribution >= 0.6 is 0 Å². The van der Waals surface area contributed by atoms with E-state index in [9.17, 15) is 9.59 Å². The highest BCUT2D eigenvalue weighted by Crippen LogP contribution is 2.00. The van der Waals surface area contributed by atoms with Gasteiger partial charge in [0.25, 0.3) is 0 Å².